The number of aliphatic carboxylic acids is 1. The molecule has 1 aromatic rings. The van der Waals surface area contributed by atoms with E-state index in [9.17, 15) is 13.2 Å². The first-order valence-electron chi connectivity index (χ1n) is 6.96. The highest BCUT2D eigenvalue weighted by molar-refractivity contribution is 7.91. The van der Waals surface area contributed by atoms with Crippen molar-refractivity contribution in [2.45, 2.75) is 43.3 Å². The molecule has 0 aliphatic carbocycles. The maximum atomic E-state index is 12.4. The molecule has 21 heavy (non-hydrogen) atoms. The minimum atomic E-state index is -3.25. The van der Waals surface area contributed by atoms with Gasteiger partial charge in [-0.15, -0.1) is 0 Å². The highest BCUT2D eigenvalue weighted by Crippen LogP contribution is 2.24. The van der Waals surface area contributed by atoms with Gasteiger partial charge in [-0.05, 0) is 31.4 Å². The van der Waals surface area contributed by atoms with E-state index in [1.807, 2.05) is 0 Å². The molecule has 0 aromatic heterocycles. The molecular weight excluding hydrogens is 292 g/mol. The summed E-state index contributed by atoms with van der Waals surface area (Å²) < 4.78 is 30.1. The van der Waals surface area contributed by atoms with Crippen LogP contribution in [0.1, 0.15) is 37.3 Å². The smallest absolute Gasteiger partial charge is 0.310 e. The second-order valence-electron chi connectivity index (χ2n) is 5.51. The molecule has 0 radical (unpaired) electrons. The zero-order valence-electron chi connectivity index (χ0n) is 12.2. The fraction of sp³-hybridized carbons (Fsp3) is 0.533. The van der Waals surface area contributed by atoms with Crippen LogP contribution in [0.25, 0.3) is 0 Å². The Morgan fingerprint density at radius 3 is 2.48 bits per heavy atom. The number of carbonyl (C=O) groups is 1. The molecule has 5 nitrogen and oxygen atoms in total. The third-order valence-corrected chi connectivity index (χ3v) is 6.26. The largest absolute Gasteiger partial charge is 0.481 e. The molecule has 1 aliphatic heterocycles. The monoisotopic (exact) mass is 312 g/mol. The third-order valence-electron chi connectivity index (χ3n) is 3.99. The average Bonchev–Trinajstić information content (AvgIpc) is 2.85. The van der Waals surface area contributed by atoms with E-state index in [0.717, 1.165) is 0 Å². The molecule has 1 heterocycles. The van der Waals surface area contributed by atoms with Crippen molar-refractivity contribution in [2.24, 2.45) is 0 Å². The summed E-state index contributed by atoms with van der Waals surface area (Å²) in [5.74, 6) is -1.53. The van der Waals surface area contributed by atoms with Gasteiger partial charge in [-0.25, -0.2) is 8.42 Å². The van der Waals surface area contributed by atoms with Gasteiger partial charge in [0.2, 0.25) is 0 Å². The van der Waals surface area contributed by atoms with Crippen molar-refractivity contribution in [3.05, 3.63) is 35.4 Å². The number of carboxylic acids is 1. The van der Waals surface area contributed by atoms with Gasteiger partial charge in [0.25, 0.3) is 0 Å². The average molecular weight is 312 g/mol. The highest BCUT2D eigenvalue weighted by atomic mass is 32.2. The van der Waals surface area contributed by atoms with Crippen molar-refractivity contribution in [1.29, 1.82) is 0 Å². The molecule has 0 amide bonds. The van der Waals surface area contributed by atoms with Crippen LogP contribution < -0.4 is 0 Å². The molecule has 3 atom stereocenters. The zero-order chi connectivity index (χ0) is 15.6. The van der Waals surface area contributed by atoms with Crippen LogP contribution in [0.5, 0.6) is 0 Å². The van der Waals surface area contributed by atoms with Crippen molar-refractivity contribution in [2.75, 3.05) is 6.61 Å². The summed E-state index contributed by atoms with van der Waals surface area (Å²) >= 11 is 0. The van der Waals surface area contributed by atoms with E-state index in [4.69, 9.17) is 9.84 Å². The Hall–Kier alpha value is -1.40. The molecule has 1 aliphatic rings. The lowest BCUT2D eigenvalue weighted by Crippen LogP contribution is -2.29. The standard InChI is InChI=1S/C15H20O5S/c1-10(15(16)17)13-5-3-12(4-6-13)9-21(18,19)14-7-8-20-11(14)2/h3-6,10-11,14H,7-9H2,1-2H3,(H,16,17). The van der Waals surface area contributed by atoms with Crippen LogP contribution in [0.15, 0.2) is 24.3 Å². The maximum absolute atomic E-state index is 12.4. The van der Waals surface area contributed by atoms with Crippen molar-refractivity contribution < 1.29 is 23.1 Å². The Kier molecular flexibility index (Phi) is 4.68. The lowest BCUT2D eigenvalue weighted by Gasteiger charge is -2.15. The summed E-state index contributed by atoms with van der Waals surface area (Å²) in [4.78, 5) is 10.9. The van der Waals surface area contributed by atoms with E-state index in [2.05, 4.69) is 0 Å². The van der Waals surface area contributed by atoms with Crippen molar-refractivity contribution in [3.63, 3.8) is 0 Å². The van der Waals surface area contributed by atoms with Gasteiger partial charge in [-0.2, -0.15) is 0 Å². The summed E-state index contributed by atoms with van der Waals surface area (Å²) in [6, 6.07) is 6.73. The van der Waals surface area contributed by atoms with Crippen LogP contribution in [0.2, 0.25) is 0 Å². The number of hydrogen-bond donors (Lipinski definition) is 1. The normalized spacial score (nSPS) is 23.9. The number of benzene rings is 1. The first-order chi connectivity index (χ1) is 9.81. The maximum Gasteiger partial charge on any atom is 0.310 e. The van der Waals surface area contributed by atoms with Crippen LogP contribution in [-0.4, -0.2) is 37.5 Å². The second kappa shape index (κ2) is 6.15. The quantitative estimate of drug-likeness (QED) is 0.899. The Morgan fingerprint density at radius 2 is 2.00 bits per heavy atom. The Bertz CT molecular complexity index is 605. The molecule has 0 saturated carbocycles. The lowest BCUT2D eigenvalue weighted by atomic mass is 10.0. The minimum Gasteiger partial charge on any atom is -0.481 e. The van der Waals surface area contributed by atoms with E-state index in [1.54, 1.807) is 38.1 Å². The predicted octanol–water partition coefficient (Wildman–Crippen LogP) is 1.97. The molecular formula is C15H20O5S. The van der Waals surface area contributed by atoms with E-state index in [0.29, 0.717) is 24.2 Å². The molecule has 1 N–H and O–H groups in total. The Balaban J connectivity index is 2.11. The molecule has 0 spiro atoms. The number of hydrogen-bond acceptors (Lipinski definition) is 4. The van der Waals surface area contributed by atoms with Gasteiger partial charge >= 0.3 is 5.97 Å². The van der Waals surface area contributed by atoms with Gasteiger partial charge < -0.3 is 9.84 Å². The molecule has 0 bridgehead atoms. The summed E-state index contributed by atoms with van der Waals surface area (Å²) in [7, 11) is -3.25. The minimum absolute atomic E-state index is 0.0346. The van der Waals surface area contributed by atoms with Crippen LogP contribution in [0, 0.1) is 0 Å². The predicted molar refractivity (Wildman–Crippen MR) is 78.9 cm³/mol. The zero-order valence-corrected chi connectivity index (χ0v) is 13.0. The van der Waals surface area contributed by atoms with Gasteiger partial charge in [0, 0.05) is 6.61 Å². The molecule has 3 unspecified atom stereocenters. The Labute approximate surface area is 124 Å². The molecule has 116 valence electrons. The Morgan fingerprint density at radius 1 is 1.38 bits per heavy atom. The lowest BCUT2D eigenvalue weighted by molar-refractivity contribution is -0.138. The van der Waals surface area contributed by atoms with Gasteiger partial charge in [0.15, 0.2) is 9.84 Å². The summed E-state index contributed by atoms with van der Waals surface area (Å²) in [6.45, 7) is 3.87. The third kappa shape index (κ3) is 3.63. The summed E-state index contributed by atoms with van der Waals surface area (Å²) in [6.07, 6.45) is 0.277. The van der Waals surface area contributed by atoms with E-state index < -0.39 is 27.0 Å². The van der Waals surface area contributed by atoms with Gasteiger partial charge in [-0.1, -0.05) is 24.3 Å². The topological polar surface area (TPSA) is 80.7 Å². The van der Waals surface area contributed by atoms with Gasteiger partial charge in [-0.3, -0.25) is 4.79 Å². The second-order valence-corrected chi connectivity index (χ2v) is 7.73. The molecule has 1 saturated heterocycles. The SMILES string of the molecule is CC(C(=O)O)c1ccc(CS(=O)(=O)C2CCOC2C)cc1. The molecule has 1 aromatic carbocycles. The number of ether oxygens (including phenoxy) is 1. The molecule has 2 rings (SSSR count). The fourth-order valence-electron chi connectivity index (χ4n) is 2.57. The van der Waals surface area contributed by atoms with E-state index in [-0.39, 0.29) is 11.9 Å². The van der Waals surface area contributed by atoms with Crippen LogP contribution in [0.4, 0.5) is 0 Å². The number of carboxylic acid groups (broad SMARTS) is 1. The first kappa shape index (κ1) is 16.0. The fourth-order valence-corrected chi connectivity index (χ4v) is 4.56. The van der Waals surface area contributed by atoms with Crippen LogP contribution in [-0.2, 0) is 25.1 Å². The van der Waals surface area contributed by atoms with Crippen molar-refractivity contribution in [1.82, 2.24) is 0 Å². The summed E-state index contributed by atoms with van der Waals surface area (Å²) in [5.41, 5.74) is 1.34. The highest BCUT2D eigenvalue weighted by Gasteiger charge is 2.35. The van der Waals surface area contributed by atoms with Crippen molar-refractivity contribution >= 4 is 15.8 Å². The van der Waals surface area contributed by atoms with E-state index in [1.165, 1.54) is 0 Å². The number of sulfone groups is 1. The molecule has 1 fully saturated rings. The van der Waals surface area contributed by atoms with E-state index >= 15 is 0 Å². The summed E-state index contributed by atoms with van der Waals surface area (Å²) in [5, 5.41) is 8.51. The van der Waals surface area contributed by atoms with Gasteiger partial charge in [0.05, 0.1) is 23.0 Å². The van der Waals surface area contributed by atoms with Crippen LogP contribution in [0.3, 0.4) is 0 Å². The first-order valence-corrected chi connectivity index (χ1v) is 8.67. The van der Waals surface area contributed by atoms with Gasteiger partial charge in [0.1, 0.15) is 0 Å². The van der Waals surface area contributed by atoms with Crippen molar-refractivity contribution in [3.8, 4) is 0 Å². The number of rotatable bonds is 5. The molecule has 6 heteroatoms. The van der Waals surface area contributed by atoms with Crippen LogP contribution >= 0.6 is 0 Å².